The number of thioether (sulfide) groups is 1. The molecule has 1 heterocycles. The second kappa shape index (κ2) is 9.26. The summed E-state index contributed by atoms with van der Waals surface area (Å²) in [6, 6.07) is 7.41. The van der Waals surface area contributed by atoms with Gasteiger partial charge in [0.05, 0.1) is 30.0 Å². The van der Waals surface area contributed by atoms with Gasteiger partial charge in [-0.2, -0.15) is 0 Å². The molecule has 0 spiro atoms. The number of aliphatic hydroxyl groups is 2. The van der Waals surface area contributed by atoms with E-state index in [9.17, 15) is 9.59 Å². The van der Waals surface area contributed by atoms with Crippen LogP contribution in [0.15, 0.2) is 29.4 Å². The van der Waals surface area contributed by atoms with Gasteiger partial charge in [-0.25, -0.2) is 4.98 Å². The first-order chi connectivity index (χ1) is 11.7. The molecule has 2 aromatic rings. The summed E-state index contributed by atoms with van der Waals surface area (Å²) >= 11 is 1.23. The first-order valence-electron chi connectivity index (χ1n) is 7.49. The summed E-state index contributed by atoms with van der Waals surface area (Å²) in [7, 11) is 0. The molecular weight excluding hydrogens is 332 g/mol. The fourth-order valence-corrected chi connectivity index (χ4v) is 2.93. The maximum atomic E-state index is 12.0. The summed E-state index contributed by atoms with van der Waals surface area (Å²) < 4.78 is 1.74. The average Bonchev–Trinajstić information content (AvgIpc) is 2.94. The van der Waals surface area contributed by atoms with Crippen LogP contribution in [0, 0.1) is 0 Å². The number of hydrogen-bond acceptors (Lipinski definition) is 6. The summed E-state index contributed by atoms with van der Waals surface area (Å²) in [4.78, 5) is 28.1. The number of carbonyl (C=O) groups excluding carboxylic acids is 2. The molecule has 0 saturated carbocycles. The number of nitrogens with one attached hydrogen (secondary N) is 2. The van der Waals surface area contributed by atoms with Gasteiger partial charge in [0.15, 0.2) is 5.16 Å². The van der Waals surface area contributed by atoms with Crippen molar-refractivity contribution in [2.24, 2.45) is 0 Å². The fourth-order valence-electron chi connectivity index (χ4n) is 2.09. The Morgan fingerprint density at radius 2 is 1.75 bits per heavy atom. The van der Waals surface area contributed by atoms with Gasteiger partial charge in [0.1, 0.15) is 6.54 Å². The molecule has 8 nitrogen and oxygen atoms in total. The van der Waals surface area contributed by atoms with Crippen LogP contribution in [-0.4, -0.2) is 63.6 Å². The smallest absolute Gasteiger partial charge is 0.240 e. The van der Waals surface area contributed by atoms with Gasteiger partial charge in [0.25, 0.3) is 0 Å². The van der Waals surface area contributed by atoms with Crippen LogP contribution < -0.4 is 10.6 Å². The second-order valence-corrected chi connectivity index (χ2v) is 5.85. The van der Waals surface area contributed by atoms with Crippen molar-refractivity contribution in [2.45, 2.75) is 11.7 Å². The molecule has 0 bridgehead atoms. The minimum Gasteiger partial charge on any atom is -0.395 e. The van der Waals surface area contributed by atoms with Crippen molar-refractivity contribution in [2.75, 3.05) is 32.1 Å². The van der Waals surface area contributed by atoms with Gasteiger partial charge in [-0.05, 0) is 12.1 Å². The van der Waals surface area contributed by atoms with Crippen LogP contribution in [0.3, 0.4) is 0 Å². The predicted molar refractivity (Wildman–Crippen MR) is 90.6 cm³/mol. The van der Waals surface area contributed by atoms with E-state index < -0.39 is 0 Å². The zero-order chi connectivity index (χ0) is 17.4. The van der Waals surface area contributed by atoms with E-state index in [1.807, 2.05) is 24.3 Å². The average molecular weight is 352 g/mol. The van der Waals surface area contributed by atoms with Gasteiger partial charge in [-0.1, -0.05) is 23.9 Å². The van der Waals surface area contributed by atoms with Crippen LogP contribution in [0.2, 0.25) is 0 Å². The van der Waals surface area contributed by atoms with Gasteiger partial charge >= 0.3 is 0 Å². The predicted octanol–water partition coefficient (Wildman–Crippen LogP) is -0.655. The summed E-state index contributed by atoms with van der Waals surface area (Å²) in [6.45, 7) is 0.223. The van der Waals surface area contributed by atoms with Crippen molar-refractivity contribution in [3.05, 3.63) is 24.3 Å². The standard InChI is InChI=1S/C15H20N4O4S/c20-7-5-16-13(22)9-19-12-4-2-1-3-11(12)18-15(19)24-10-14(23)17-6-8-21/h1-4,20-21H,5-10H2,(H,16,22)(H,17,23). The maximum Gasteiger partial charge on any atom is 0.240 e. The van der Waals surface area contributed by atoms with Gasteiger partial charge in [-0.15, -0.1) is 0 Å². The zero-order valence-corrected chi connectivity index (χ0v) is 13.9. The minimum atomic E-state index is -0.237. The van der Waals surface area contributed by atoms with E-state index in [-0.39, 0.29) is 50.4 Å². The Labute approximate surface area is 143 Å². The summed E-state index contributed by atoms with van der Waals surface area (Å²) in [5, 5.41) is 23.2. The number of nitrogens with zero attached hydrogens (tertiary/aromatic N) is 2. The number of aromatic nitrogens is 2. The molecule has 9 heteroatoms. The van der Waals surface area contributed by atoms with E-state index in [1.165, 1.54) is 11.8 Å². The molecule has 2 rings (SSSR count). The number of aliphatic hydroxyl groups excluding tert-OH is 2. The van der Waals surface area contributed by atoms with Crippen LogP contribution in [0.1, 0.15) is 0 Å². The Morgan fingerprint density at radius 3 is 2.46 bits per heavy atom. The third kappa shape index (κ3) is 4.95. The highest BCUT2D eigenvalue weighted by atomic mass is 32.2. The molecule has 0 fully saturated rings. The van der Waals surface area contributed by atoms with Gasteiger partial charge < -0.3 is 25.4 Å². The van der Waals surface area contributed by atoms with Crippen molar-refractivity contribution < 1.29 is 19.8 Å². The Hall–Kier alpha value is -2.10. The Balaban J connectivity index is 2.14. The third-order valence-corrected chi connectivity index (χ3v) is 4.10. The first kappa shape index (κ1) is 18.2. The second-order valence-electron chi connectivity index (χ2n) is 4.91. The lowest BCUT2D eigenvalue weighted by atomic mass is 10.3. The number of carbonyl (C=O) groups is 2. The van der Waals surface area contributed by atoms with E-state index >= 15 is 0 Å². The molecule has 0 atom stereocenters. The summed E-state index contributed by atoms with van der Waals surface area (Å²) in [5.74, 6) is -0.308. The van der Waals surface area contributed by atoms with E-state index in [4.69, 9.17) is 10.2 Å². The number of fused-ring (bicyclic) bond motifs is 1. The molecule has 0 aliphatic carbocycles. The fraction of sp³-hybridized carbons (Fsp3) is 0.400. The topological polar surface area (TPSA) is 116 Å². The van der Waals surface area contributed by atoms with Crippen LogP contribution in [-0.2, 0) is 16.1 Å². The third-order valence-electron chi connectivity index (χ3n) is 3.12. The van der Waals surface area contributed by atoms with Crippen molar-refractivity contribution in [3.8, 4) is 0 Å². The molecule has 4 N–H and O–H groups in total. The molecule has 0 aliphatic heterocycles. The van der Waals surface area contributed by atoms with Crippen molar-refractivity contribution in [1.29, 1.82) is 0 Å². The normalized spacial score (nSPS) is 10.8. The highest BCUT2D eigenvalue weighted by Gasteiger charge is 2.15. The largest absolute Gasteiger partial charge is 0.395 e. The zero-order valence-electron chi connectivity index (χ0n) is 13.1. The Bertz CT molecular complexity index is 704. The lowest BCUT2D eigenvalue weighted by molar-refractivity contribution is -0.122. The van der Waals surface area contributed by atoms with E-state index in [1.54, 1.807) is 4.57 Å². The molecule has 2 amide bonds. The molecule has 0 unspecified atom stereocenters. The van der Waals surface area contributed by atoms with Crippen molar-refractivity contribution in [3.63, 3.8) is 0 Å². The molecular formula is C15H20N4O4S. The quantitative estimate of drug-likeness (QED) is 0.446. The van der Waals surface area contributed by atoms with Crippen LogP contribution in [0.25, 0.3) is 11.0 Å². The summed E-state index contributed by atoms with van der Waals surface area (Å²) in [5.41, 5.74) is 1.54. The van der Waals surface area contributed by atoms with Gasteiger partial charge in [0, 0.05) is 13.1 Å². The van der Waals surface area contributed by atoms with Gasteiger partial charge in [-0.3, -0.25) is 9.59 Å². The Kier molecular flexibility index (Phi) is 7.04. The maximum absolute atomic E-state index is 12.0. The number of imidazole rings is 1. The van der Waals surface area contributed by atoms with Crippen molar-refractivity contribution in [1.82, 2.24) is 20.2 Å². The Morgan fingerprint density at radius 1 is 1.08 bits per heavy atom. The molecule has 0 aliphatic rings. The highest BCUT2D eigenvalue weighted by Crippen LogP contribution is 2.23. The molecule has 1 aromatic carbocycles. The summed E-state index contributed by atoms with van der Waals surface area (Å²) in [6.07, 6.45) is 0. The number of para-hydroxylation sites is 2. The monoisotopic (exact) mass is 352 g/mol. The number of benzene rings is 1. The lowest BCUT2D eigenvalue weighted by Crippen LogP contribution is -2.30. The van der Waals surface area contributed by atoms with E-state index in [0.717, 1.165) is 11.0 Å². The number of hydrogen-bond donors (Lipinski definition) is 4. The van der Waals surface area contributed by atoms with Crippen LogP contribution in [0.4, 0.5) is 0 Å². The van der Waals surface area contributed by atoms with Gasteiger partial charge in [0.2, 0.25) is 11.8 Å². The van der Waals surface area contributed by atoms with E-state index in [0.29, 0.717) is 5.16 Å². The lowest BCUT2D eigenvalue weighted by Gasteiger charge is -2.09. The van der Waals surface area contributed by atoms with E-state index in [2.05, 4.69) is 15.6 Å². The van der Waals surface area contributed by atoms with Crippen LogP contribution in [0.5, 0.6) is 0 Å². The number of amides is 2. The number of rotatable bonds is 9. The highest BCUT2D eigenvalue weighted by molar-refractivity contribution is 7.99. The minimum absolute atomic E-state index is 0.0567. The first-order valence-corrected chi connectivity index (χ1v) is 8.47. The SMILES string of the molecule is O=C(CSc1nc2ccccc2n1CC(=O)NCCO)NCCO. The molecule has 130 valence electrons. The van der Waals surface area contributed by atoms with Crippen molar-refractivity contribution >= 4 is 34.6 Å². The molecule has 0 radical (unpaired) electrons. The molecule has 24 heavy (non-hydrogen) atoms. The van der Waals surface area contributed by atoms with Crippen LogP contribution >= 0.6 is 11.8 Å². The molecule has 0 saturated heterocycles. The molecule has 1 aromatic heterocycles.